The highest BCUT2D eigenvalue weighted by atomic mass is 16.5. The Morgan fingerprint density at radius 1 is 2.20 bits per heavy atom. The van der Waals surface area contributed by atoms with Gasteiger partial charge in [-0.2, -0.15) is 0 Å². The maximum Gasteiger partial charge on any atom is 0.125 e. The molecule has 1 aliphatic rings. The van der Waals surface area contributed by atoms with E-state index in [0.717, 1.165) is 0 Å². The zero-order chi connectivity index (χ0) is 9.78. The van der Waals surface area contributed by atoms with Crippen LogP contribution in [0, 0.1) is 0 Å². The summed E-state index contributed by atoms with van der Waals surface area (Å²) in [6.45, 7) is -8.32. The maximum absolute atomic E-state index is 7.02. The summed E-state index contributed by atoms with van der Waals surface area (Å²) in [6, 6.07) is 0. The molecule has 1 fully saturated rings. The number of rotatable bonds is 0. The molecule has 1 aliphatic heterocycles. The standard InChI is InChI=1S/C3H7NO/c1-2-5-3-4-1/h4H,1-3H2/i1D2,2D2,3D2/hD. The van der Waals surface area contributed by atoms with Gasteiger partial charge in [0, 0.05) is 9.24 Å². The van der Waals surface area contributed by atoms with E-state index in [9.17, 15) is 0 Å². The first kappa shape index (κ1) is 0.532. The Bertz CT molecular complexity index is 203. The molecule has 30 valence electrons. The molecule has 0 atom stereocenters. The average Bonchev–Trinajstić information content (AvgIpc) is 1.90. The van der Waals surface area contributed by atoms with E-state index in [4.69, 9.17) is 9.64 Å². The van der Waals surface area contributed by atoms with Crippen LogP contribution in [0.1, 0.15) is 8.22 Å². The van der Waals surface area contributed by atoms with Crippen molar-refractivity contribution < 1.29 is 14.4 Å². The number of nitrogens with one attached hydrogen (secondary N) is 1. The lowest BCUT2D eigenvalue weighted by atomic mass is 10.7. The van der Waals surface area contributed by atoms with Crippen LogP contribution < -0.4 is 5.31 Å². The molecule has 0 spiro atoms. The molecule has 0 aromatic carbocycles. The Balaban J connectivity index is 3.05. The van der Waals surface area contributed by atoms with Gasteiger partial charge in [0.15, 0.2) is 0 Å². The van der Waals surface area contributed by atoms with Crippen LogP contribution >= 0.6 is 0 Å². The van der Waals surface area contributed by atoms with E-state index in [0.29, 0.717) is 0 Å². The van der Waals surface area contributed by atoms with Gasteiger partial charge in [-0.3, -0.25) is 5.31 Å². The highest BCUT2D eigenvalue weighted by Gasteiger charge is 1.92. The van der Waals surface area contributed by atoms with E-state index >= 15 is 0 Å². The van der Waals surface area contributed by atoms with Crippen LogP contribution in [-0.4, -0.2) is 19.7 Å². The van der Waals surface area contributed by atoms with Gasteiger partial charge < -0.3 is 4.74 Å². The third-order valence-corrected chi connectivity index (χ3v) is 0.244. The predicted octanol–water partition coefficient (Wildman–Crippen LogP) is -0.436. The predicted molar refractivity (Wildman–Crippen MR) is 18.8 cm³/mol. The van der Waals surface area contributed by atoms with E-state index in [1.165, 1.54) is 0 Å². The van der Waals surface area contributed by atoms with Crippen molar-refractivity contribution in [2.24, 2.45) is 0 Å². The summed E-state index contributed by atoms with van der Waals surface area (Å²) in [5, 5.41) is -0.167. The van der Waals surface area contributed by atoms with Crippen molar-refractivity contribution in [1.29, 1.82) is 0 Å². The van der Waals surface area contributed by atoms with Crippen LogP contribution in [0.2, 0.25) is 1.41 Å². The van der Waals surface area contributed by atoms with Gasteiger partial charge >= 0.3 is 0 Å². The molecule has 0 aromatic heterocycles. The molecule has 1 rings (SSSR count). The minimum atomic E-state index is -2.81. The Morgan fingerprint density at radius 3 is 3.40 bits per heavy atom. The molecule has 1 N–H and O–H groups in total. The molecule has 2 heteroatoms. The maximum atomic E-state index is 7.02. The van der Waals surface area contributed by atoms with Crippen molar-refractivity contribution in [2.45, 2.75) is 0 Å². The zero-order valence-electron chi connectivity index (χ0n) is 9.36. The summed E-state index contributed by atoms with van der Waals surface area (Å²) in [7, 11) is 0. The lowest BCUT2D eigenvalue weighted by molar-refractivity contribution is 0.194. The van der Waals surface area contributed by atoms with Crippen LogP contribution in [0.3, 0.4) is 0 Å². The number of hydrogen-bond donors (Lipinski definition) is 1. The summed E-state index contributed by atoms with van der Waals surface area (Å²) in [6.07, 6.45) is 0. The Labute approximate surface area is 41.0 Å². The SMILES string of the molecule is [2H]N1C([2H])([2H])OC([2H])([2H])C1([2H])[2H]. The largest absolute Gasteiger partial charge is 0.365 e. The molecule has 5 heavy (non-hydrogen) atoms. The summed E-state index contributed by atoms with van der Waals surface area (Å²) in [5.41, 5.74) is 0. The summed E-state index contributed by atoms with van der Waals surface area (Å²) < 4.78 is 52.7. The highest BCUT2D eigenvalue weighted by Crippen LogP contribution is 1.75. The Hall–Kier alpha value is -0.0800. The second-order valence-electron chi connectivity index (χ2n) is 0.519. The second kappa shape index (κ2) is 1.38. The first-order chi connectivity index (χ1) is 5.11. The van der Waals surface area contributed by atoms with Gasteiger partial charge in [-0.05, 0) is 0 Å². The summed E-state index contributed by atoms with van der Waals surface area (Å²) in [5.74, 6) is 0. The monoisotopic (exact) mass is 80.1 g/mol. The minimum Gasteiger partial charge on any atom is -0.365 e. The third kappa shape index (κ3) is 0.597. The quantitative estimate of drug-likeness (QED) is 0.426. The van der Waals surface area contributed by atoms with Gasteiger partial charge in [0.2, 0.25) is 0 Å². The van der Waals surface area contributed by atoms with Gasteiger partial charge in [-0.25, -0.2) is 0 Å². The highest BCUT2D eigenvalue weighted by molar-refractivity contribution is 4.43. The third-order valence-electron chi connectivity index (χ3n) is 0.244. The number of hydrogen-bond acceptors (Lipinski definition) is 2. The van der Waals surface area contributed by atoms with Gasteiger partial charge in [-0.1, -0.05) is 0 Å². The first-order valence-electron chi connectivity index (χ1n) is 4.55. The lowest BCUT2D eigenvalue weighted by Crippen LogP contribution is -2.05. The van der Waals surface area contributed by atoms with Crippen LogP contribution in [0.15, 0.2) is 0 Å². The Morgan fingerprint density at radius 2 is 3.20 bits per heavy atom. The fourth-order valence-corrected chi connectivity index (χ4v) is 0.114. The molecule has 1 heterocycles. The molecule has 0 aliphatic carbocycles. The lowest BCUT2D eigenvalue weighted by Gasteiger charge is -1.76. The van der Waals surface area contributed by atoms with Gasteiger partial charge in [0.25, 0.3) is 0 Å². The van der Waals surface area contributed by atoms with Crippen molar-refractivity contribution in [3.05, 3.63) is 0 Å². The van der Waals surface area contributed by atoms with Crippen LogP contribution in [0.25, 0.3) is 0 Å². The van der Waals surface area contributed by atoms with E-state index in [2.05, 4.69) is 4.74 Å². The second-order valence-corrected chi connectivity index (χ2v) is 0.519. The van der Waals surface area contributed by atoms with Crippen LogP contribution in [0.4, 0.5) is 0 Å². The molecule has 0 bridgehead atoms. The molecule has 0 aromatic rings. The van der Waals surface area contributed by atoms with Crippen molar-refractivity contribution >= 4 is 0 Å². The van der Waals surface area contributed by atoms with Gasteiger partial charge in [-0.15, -0.1) is 0 Å². The number of ether oxygens (including phenoxy) is 1. The average molecular weight is 80.1 g/mol. The van der Waals surface area contributed by atoms with Crippen molar-refractivity contribution in [3.63, 3.8) is 0 Å². The molecule has 0 amide bonds. The van der Waals surface area contributed by atoms with E-state index in [-0.39, 0.29) is 5.31 Å². The van der Waals surface area contributed by atoms with E-state index in [1.54, 1.807) is 0 Å². The molecular weight excluding hydrogens is 66.0 g/mol. The fourth-order valence-electron chi connectivity index (χ4n) is 0.114. The molecule has 1 saturated heterocycles. The normalized spacial score (nSPS) is 78.8. The zero-order valence-corrected chi connectivity index (χ0v) is 2.36. The van der Waals surface area contributed by atoms with E-state index < -0.39 is 19.7 Å². The summed E-state index contributed by atoms with van der Waals surface area (Å²) >= 11 is 0. The van der Waals surface area contributed by atoms with Crippen LogP contribution in [-0.2, 0) is 4.74 Å². The fraction of sp³-hybridized carbons (Fsp3) is 1.00. The Kier molecular flexibility index (Phi) is 0.147. The molecule has 0 unspecified atom stereocenters. The van der Waals surface area contributed by atoms with Crippen molar-refractivity contribution in [1.82, 2.24) is 5.31 Å². The topological polar surface area (TPSA) is 21.3 Å². The van der Waals surface area contributed by atoms with Gasteiger partial charge in [0.05, 0.1) is 18.7 Å². The minimum absolute atomic E-state index is 0.167. The summed E-state index contributed by atoms with van der Waals surface area (Å²) in [4.78, 5) is 0. The van der Waals surface area contributed by atoms with Crippen molar-refractivity contribution in [3.8, 4) is 0 Å². The molecule has 0 radical (unpaired) electrons. The smallest absolute Gasteiger partial charge is 0.125 e. The molecule has 0 saturated carbocycles. The molecule has 2 nitrogen and oxygen atoms in total. The van der Waals surface area contributed by atoms with Crippen LogP contribution in [0.5, 0.6) is 0 Å². The van der Waals surface area contributed by atoms with E-state index in [1.807, 2.05) is 0 Å². The first-order valence-corrected chi connectivity index (χ1v) is 1.11. The van der Waals surface area contributed by atoms with Crippen molar-refractivity contribution in [2.75, 3.05) is 19.7 Å². The molecular formula is C3H7NO. The van der Waals surface area contributed by atoms with Gasteiger partial charge in [0.1, 0.15) is 1.41 Å².